The maximum Gasteiger partial charge on any atom is 0.265 e. The number of nitrogens with one attached hydrogen (secondary N) is 2. The van der Waals surface area contributed by atoms with Gasteiger partial charge < -0.3 is 16.4 Å². The normalized spacial score (nSPS) is 10.6. The lowest BCUT2D eigenvalue weighted by molar-refractivity contribution is 0.102. The zero-order valence-corrected chi connectivity index (χ0v) is 15.6. The molecule has 4 N–H and O–H groups in total. The minimum absolute atomic E-state index is 0.171. The Bertz CT molecular complexity index is 1130. The van der Waals surface area contributed by atoms with Crippen LogP contribution < -0.4 is 16.4 Å². The molecule has 1 heterocycles. The van der Waals surface area contributed by atoms with Crippen LogP contribution in [0.2, 0.25) is 0 Å². The van der Waals surface area contributed by atoms with E-state index in [1.807, 2.05) is 30.3 Å². The van der Waals surface area contributed by atoms with E-state index < -0.39 is 0 Å². The minimum Gasteiger partial charge on any atom is -0.397 e. The third-order valence-corrected chi connectivity index (χ3v) is 5.38. The van der Waals surface area contributed by atoms with Crippen LogP contribution >= 0.6 is 11.3 Å². The summed E-state index contributed by atoms with van der Waals surface area (Å²) >= 11 is 1.45. The second-order valence-corrected chi connectivity index (χ2v) is 7.31. The number of hydrogen-bond donors (Lipinski definition) is 3. The van der Waals surface area contributed by atoms with Crippen molar-refractivity contribution in [2.75, 3.05) is 16.4 Å². The van der Waals surface area contributed by atoms with Crippen molar-refractivity contribution in [3.63, 3.8) is 0 Å². The SMILES string of the molecule is Nc1ccccc1NC(=O)c1ccc(NC(=O)c2cc3ccccc3s2)cc1. The highest BCUT2D eigenvalue weighted by molar-refractivity contribution is 7.20. The van der Waals surface area contributed by atoms with E-state index in [9.17, 15) is 9.59 Å². The standard InChI is InChI=1S/C22H17N3O2S/c23-17-6-2-3-7-18(17)25-21(26)14-9-11-16(12-10-14)24-22(27)20-13-15-5-1-4-8-19(15)28-20/h1-13H,23H2,(H,24,27)(H,25,26). The molecule has 0 spiro atoms. The van der Waals surface area contributed by atoms with Gasteiger partial charge in [-0.1, -0.05) is 30.3 Å². The third-order valence-electron chi connectivity index (χ3n) is 4.26. The number of nitrogens with two attached hydrogens (primary N) is 1. The molecule has 0 saturated heterocycles. The Morgan fingerprint density at radius 1 is 0.786 bits per heavy atom. The fourth-order valence-corrected chi connectivity index (χ4v) is 3.75. The molecule has 0 saturated carbocycles. The van der Waals surface area contributed by atoms with E-state index in [2.05, 4.69) is 10.6 Å². The molecular formula is C22H17N3O2S. The van der Waals surface area contributed by atoms with Gasteiger partial charge in [0.2, 0.25) is 0 Å². The average molecular weight is 387 g/mol. The van der Waals surface area contributed by atoms with Crippen LogP contribution in [-0.2, 0) is 0 Å². The lowest BCUT2D eigenvalue weighted by atomic mass is 10.1. The second kappa shape index (κ2) is 7.54. The predicted octanol–water partition coefficient (Wildman–Crippen LogP) is 4.99. The molecule has 4 rings (SSSR count). The molecule has 4 aromatic rings. The molecule has 0 radical (unpaired) electrons. The van der Waals surface area contributed by atoms with E-state index in [0.717, 1.165) is 10.1 Å². The minimum atomic E-state index is -0.264. The van der Waals surface area contributed by atoms with Gasteiger partial charge in [-0.25, -0.2) is 0 Å². The van der Waals surface area contributed by atoms with Gasteiger partial charge in [-0.2, -0.15) is 0 Å². The maximum absolute atomic E-state index is 12.5. The second-order valence-electron chi connectivity index (χ2n) is 6.22. The van der Waals surface area contributed by atoms with Crippen molar-refractivity contribution < 1.29 is 9.59 Å². The van der Waals surface area contributed by atoms with Crippen molar-refractivity contribution in [2.45, 2.75) is 0 Å². The Morgan fingerprint density at radius 2 is 1.50 bits per heavy atom. The fraction of sp³-hybridized carbons (Fsp3) is 0. The highest BCUT2D eigenvalue weighted by atomic mass is 32.1. The summed E-state index contributed by atoms with van der Waals surface area (Å²) < 4.78 is 1.07. The van der Waals surface area contributed by atoms with Gasteiger partial charge >= 0.3 is 0 Å². The third kappa shape index (κ3) is 3.72. The van der Waals surface area contributed by atoms with E-state index in [1.54, 1.807) is 48.5 Å². The van der Waals surface area contributed by atoms with E-state index in [0.29, 0.717) is 27.5 Å². The molecular weight excluding hydrogens is 370 g/mol. The molecule has 2 amide bonds. The highest BCUT2D eigenvalue weighted by Crippen LogP contribution is 2.26. The maximum atomic E-state index is 12.5. The molecule has 5 nitrogen and oxygen atoms in total. The Balaban J connectivity index is 1.44. The monoisotopic (exact) mass is 387 g/mol. The number of fused-ring (bicyclic) bond motifs is 1. The summed E-state index contributed by atoms with van der Waals surface area (Å²) in [7, 11) is 0. The van der Waals surface area contributed by atoms with Crippen LogP contribution in [-0.4, -0.2) is 11.8 Å². The number of carbonyl (C=O) groups is 2. The molecule has 0 bridgehead atoms. The van der Waals surface area contributed by atoms with Crippen LogP contribution in [0.3, 0.4) is 0 Å². The van der Waals surface area contributed by atoms with E-state index in [-0.39, 0.29) is 11.8 Å². The van der Waals surface area contributed by atoms with Gasteiger partial charge in [0.1, 0.15) is 0 Å². The zero-order valence-electron chi connectivity index (χ0n) is 14.8. The van der Waals surface area contributed by atoms with Crippen LogP contribution in [0.1, 0.15) is 20.0 Å². The van der Waals surface area contributed by atoms with Gasteiger partial charge in [-0.15, -0.1) is 11.3 Å². The van der Waals surface area contributed by atoms with Crippen molar-refractivity contribution in [1.82, 2.24) is 0 Å². The van der Waals surface area contributed by atoms with Crippen LogP contribution in [0.5, 0.6) is 0 Å². The molecule has 0 aliphatic heterocycles. The Hall–Kier alpha value is -3.64. The van der Waals surface area contributed by atoms with Gasteiger partial charge in [0.05, 0.1) is 16.3 Å². The highest BCUT2D eigenvalue weighted by Gasteiger charge is 2.12. The molecule has 0 aliphatic carbocycles. The first-order valence-corrected chi connectivity index (χ1v) is 9.48. The number of para-hydroxylation sites is 2. The van der Waals surface area contributed by atoms with E-state index in [1.165, 1.54) is 11.3 Å². The molecule has 0 aliphatic rings. The van der Waals surface area contributed by atoms with Crippen LogP contribution in [0.15, 0.2) is 78.9 Å². The first-order valence-electron chi connectivity index (χ1n) is 8.66. The lowest BCUT2D eigenvalue weighted by Gasteiger charge is -2.09. The van der Waals surface area contributed by atoms with Gasteiger partial charge in [-0.05, 0) is 53.9 Å². The molecule has 138 valence electrons. The summed E-state index contributed by atoms with van der Waals surface area (Å²) in [6.07, 6.45) is 0. The van der Waals surface area contributed by atoms with Crippen molar-refractivity contribution >= 4 is 50.3 Å². The van der Waals surface area contributed by atoms with E-state index in [4.69, 9.17) is 5.73 Å². The smallest absolute Gasteiger partial charge is 0.265 e. The van der Waals surface area contributed by atoms with Crippen LogP contribution in [0, 0.1) is 0 Å². The summed E-state index contributed by atoms with van der Waals surface area (Å²) in [6.45, 7) is 0. The van der Waals surface area contributed by atoms with Crippen molar-refractivity contribution in [1.29, 1.82) is 0 Å². The Labute approximate surface area is 165 Å². The number of thiophene rings is 1. The number of nitrogen functional groups attached to an aromatic ring is 1. The van der Waals surface area contributed by atoms with Crippen LogP contribution in [0.4, 0.5) is 17.1 Å². The molecule has 28 heavy (non-hydrogen) atoms. The van der Waals surface area contributed by atoms with Gasteiger partial charge in [0.15, 0.2) is 0 Å². The number of amides is 2. The zero-order chi connectivity index (χ0) is 19.5. The number of rotatable bonds is 4. The largest absolute Gasteiger partial charge is 0.397 e. The summed E-state index contributed by atoms with van der Waals surface area (Å²) in [5.41, 5.74) is 8.01. The lowest BCUT2D eigenvalue weighted by Crippen LogP contribution is -2.14. The van der Waals surface area contributed by atoms with Crippen molar-refractivity contribution in [2.24, 2.45) is 0 Å². The number of benzene rings is 3. The predicted molar refractivity (Wildman–Crippen MR) is 115 cm³/mol. The Kier molecular flexibility index (Phi) is 4.78. The summed E-state index contributed by atoms with van der Waals surface area (Å²) in [5, 5.41) is 6.69. The first-order chi connectivity index (χ1) is 13.6. The average Bonchev–Trinajstić information content (AvgIpc) is 3.15. The quantitative estimate of drug-likeness (QED) is 0.431. The fourth-order valence-electron chi connectivity index (χ4n) is 2.80. The van der Waals surface area contributed by atoms with E-state index >= 15 is 0 Å². The molecule has 6 heteroatoms. The molecule has 0 fully saturated rings. The molecule has 1 aromatic heterocycles. The van der Waals surface area contributed by atoms with Crippen molar-refractivity contribution in [3.05, 3.63) is 89.3 Å². The van der Waals surface area contributed by atoms with Crippen molar-refractivity contribution in [3.8, 4) is 0 Å². The van der Waals surface area contributed by atoms with Crippen LogP contribution in [0.25, 0.3) is 10.1 Å². The first kappa shape index (κ1) is 17.8. The molecule has 0 atom stereocenters. The molecule has 0 unspecified atom stereocenters. The summed E-state index contributed by atoms with van der Waals surface area (Å²) in [4.78, 5) is 25.5. The summed E-state index contributed by atoms with van der Waals surface area (Å²) in [5.74, 6) is -0.434. The van der Waals surface area contributed by atoms with Gasteiger partial charge in [0, 0.05) is 16.0 Å². The van der Waals surface area contributed by atoms with Gasteiger partial charge in [-0.3, -0.25) is 9.59 Å². The molecule has 3 aromatic carbocycles. The Morgan fingerprint density at radius 3 is 2.25 bits per heavy atom. The number of carbonyl (C=O) groups excluding carboxylic acids is 2. The van der Waals surface area contributed by atoms with Gasteiger partial charge in [0.25, 0.3) is 11.8 Å². The summed E-state index contributed by atoms with van der Waals surface area (Å²) in [6, 6.07) is 23.6. The number of hydrogen-bond acceptors (Lipinski definition) is 4. The number of anilines is 3. The topological polar surface area (TPSA) is 84.2 Å².